The predicted molar refractivity (Wildman–Crippen MR) is 52.6 cm³/mol. The van der Waals surface area contributed by atoms with Crippen molar-refractivity contribution in [3.05, 3.63) is 36.0 Å². The van der Waals surface area contributed by atoms with Crippen LogP contribution in [0, 0.1) is 0 Å². The van der Waals surface area contributed by atoms with Gasteiger partial charge in [0, 0.05) is 0 Å². The second kappa shape index (κ2) is 5.96. The van der Waals surface area contributed by atoms with Gasteiger partial charge in [-0.1, -0.05) is 42.9 Å². The minimum absolute atomic E-state index is 1.03. The highest BCUT2D eigenvalue weighted by Gasteiger charge is 1.80. The monoisotopic (exact) mass is 150 g/mol. The molecule has 11 heavy (non-hydrogen) atoms. The van der Waals surface area contributed by atoms with Gasteiger partial charge in [0.2, 0.25) is 0 Å². The molecule has 0 amide bonds. The largest absolute Gasteiger partial charge is 0.0961 e. The van der Waals surface area contributed by atoms with Gasteiger partial charge in [-0.3, -0.25) is 0 Å². The van der Waals surface area contributed by atoms with Crippen LogP contribution in [0.5, 0.6) is 0 Å². The second-order valence-corrected chi connectivity index (χ2v) is 2.89. The summed E-state index contributed by atoms with van der Waals surface area (Å²) in [7, 11) is 0. The summed E-state index contributed by atoms with van der Waals surface area (Å²) >= 11 is 0. The molecule has 0 atom stereocenters. The van der Waals surface area contributed by atoms with E-state index in [2.05, 4.69) is 38.7 Å². The van der Waals surface area contributed by atoms with E-state index >= 15 is 0 Å². The molecule has 0 saturated carbocycles. The van der Waals surface area contributed by atoms with Gasteiger partial charge in [-0.05, 0) is 26.7 Å². The van der Waals surface area contributed by atoms with Crippen LogP contribution in [0.1, 0.15) is 33.6 Å². The Morgan fingerprint density at radius 3 is 2.45 bits per heavy atom. The van der Waals surface area contributed by atoms with E-state index in [0.29, 0.717) is 0 Å². The minimum atomic E-state index is 1.03. The molecular formula is C11H18. The van der Waals surface area contributed by atoms with Gasteiger partial charge in [0.15, 0.2) is 0 Å². The first-order chi connectivity index (χ1) is 5.16. The molecule has 0 bridgehead atoms. The summed E-state index contributed by atoms with van der Waals surface area (Å²) in [6.45, 7) is 10.1. The molecule has 0 heteroatoms. The van der Waals surface area contributed by atoms with Crippen LogP contribution in [0.15, 0.2) is 36.0 Å². The van der Waals surface area contributed by atoms with E-state index in [0.717, 1.165) is 18.4 Å². The van der Waals surface area contributed by atoms with Crippen molar-refractivity contribution in [3.8, 4) is 0 Å². The van der Waals surface area contributed by atoms with Crippen LogP contribution in [-0.4, -0.2) is 0 Å². The SMILES string of the molecule is C=C(C)/C=C\C/C=C(\C)CC. The van der Waals surface area contributed by atoms with Gasteiger partial charge >= 0.3 is 0 Å². The maximum absolute atomic E-state index is 3.78. The standard InChI is InChI=1S/C11H18/c1-5-11(4)9-7-6-8-10(2)3/h6,8-9H,2,5,7H2,1,3-4H3/b8-6-,11-9+. The van der Waals surface area contributed by atoms with Gasteiger partial charge in [-0.15, -0.1) is 0 Å². The topological polar surface area (TPSA) is 0 Å². The average molecular weight is 150 g/mol. The zero-order chi connectivity index (χ0) is 8.69. The van der Waals surface area contributed by atoms with Crippen molar-refractivity contribution < 1.29 is 0 Å². The second-order valence-electron chi connectivity index (χ2n) is 2.89. The van der Waals surface area contributed by atoms with Crippen LogP contribution >= 0.6 is 0 Å². The molecule has 0 rings (SSSR count). The molecular weight excluding hydrogens is 132 g/mol. The van der Waals surface area contributed by atoms with Crippen molar-refractivity contribution in [1.82, 2.24) is 0 Å². The fraction of sp³-hybridized carbons (Fsp3) is 0.455. The molecule has 62 valence electrons. The summed E-state index contributed by atoms with van der Waals surface area (Å²) in [5, 5.41) is 0. The molecule has 0 radical (unpaired) electrons. The van der Waals surface area contributed by atoms with E-state index in [9.17, 15) is 0 Å². The van der Waals surface area contributed by atoms with Crippen molar-refractivity contribution >= 4 is 0 Å². The highest BCUT2D eigenvalue weighted by atomic mass is 13.9. The zero-order valence-corrected chi connectivity index (χ0v) is 7.85. The third-order valence-electron chi connectivity index (χ3n) is 1.56. The van der Waals surface area contributed by atoms with Crippen LogP contribution < -0.4 is 0 Å². The molecule has 0 aromatic rings. The van der Waals surface area contributed by atoms with Gasteiger partial charge in [0.1, 0.15) is 0 Å². The Labute approximate surface area is 70.3 Å². The Kier molecular flexibility index (Phi) is 5.54. The van der Waals surface area contributed by atoms with Crippen molar-refractivity contribution in [2.24, 2.45) is 0 Å². The first-order valence-electron chi connectivity index (χ1n) is 4.14. The normalized spacial score (nSPS) is 12.5. The summed E-state index contributed by atoms with van der Waals surface area (Å²) in [6, 6.07) is 0. The maximum Gasteiger partial charge on any atom is -0.0163 e. The summed E-state index contributed by atoms with van der Waals surface area (Å²) in [4.78, 5) is 0. The molecule has 0 spiro atoms. The quantitative estimate of drug-likeness (QED) is 0.421. The zero-order valence-electron chi connectivity index (χ0n) is 7.85. The van der Waals surface area contributed by atoms with Gasteiger partial charge in [-0.2, -0.15) is 0 Å². The van der Waals surface area contributed by atoms with Crippen LogP contribution in [0.3, 0.4) is 0 Å². The lowest BCUT2D eigenvalue weighted by atomic mass is 10.2. The van der Waals surface area contributed by atoms with E-state index in [1.165, 1.54) is 5.57 Å². The van der Waals surface area contributed by atoms with Crippen LogP contribution in [0.4, 0.5) is 0 Å². The fourth-order valence-corrected chi connectivity index (χ4v) is 0.683. The maximum atomic E-state index is 3.78. The molecule has 0 heterocycles. The van der Waals surface area contributed by atoms with E-state index in [4.69, 9.17) is 0 Å². The van der Waals surface area contributed by atoms with Gasteiger partial charge < -0.3 is 0 Å². The third kappa shape index (κ3) is 7.11. The van der Waals surface area contributed by atoms with E-state index in [1.807, 2.05) is 6.92 Å². The van der Waals surface area contributed by atoms with Gasteiger partial charge in [0.25, 0.3) is 0 Å². The first-order valence-corrected chi connectivity index (χ1v) is 4.14. The lowest BCUT2D eigenvalue weighted by Gasteiger charge is -1.91. The molecule has 0 unspecified atom stereocenters. The van der Waals surface area contributed by atoms with Crippen molar-refractivity contribution in [2.45, 2.75) is 33.6 Å². The Morgan fingerprint density at radius 2 is 2.00 bits per heavy atom. The van der Waals surface area contributed by atoms with Crippen molar-refractivity contribution in [1.29, 1.82) is 0 Å². The molecule has 0 fully saturated rings. The van der Waals surface area contributed by atoms with Crippen LogP contribution in [0.25, 0.3) is 0 Å². The number of rotatable bonds is 4. The smallest absolute Gasteiger partial charge is 0.0163 e. The molecule has 0 saturated heterocycles. The molecule has 0 aliphatic carbocycles. The Morgan fingerprint density at radius 1 is 1.36 bits per heavy atom. The molecule has 0 aliphatic rings. The summed E-state index contributed by atoms with van der Waals surface area (Å²) < 4.78 is 0. The Balaban J connectivity index is 3.64. The number of hydrogen-bond donors (Lipinski definition) is 0. The van der Waals surface area contributed by atoms with Crippen molar-refractivity contribution in [2.75, 3.05) is 0 Å². The summed E-state index contributed by atoms with van der Waals surface area (Å²) in [5.74, 6) is 0. The average Bonchev–Trinajstić information content (AvgIpc) is 1.97. The van der Waals surface area contributed by atoms with Crippen LogP contribution in [0.2, 0.25) is 0 Å². The fourth-order valence-electron chi connectivity index (χ4n) is 0.683. The highest BCUT2D eigenvalue weighted by Crippen LogP contribution is 2.01. The van der Waals surface area contributed by atoms with Crippen molar-refractivity contribution in [3.63, 3.8) is 0 Å². The molecule has 0 aromatic heterocycles. The van der Waals surface area contributed by atoms with E-state index < -0.39 is 0 Å². The summed E-state index contributed by atoms with van der Waals surface area (Å²) in [5.41, 5.74) is 2.57. The molecule has 0 aliphatic heterocycles. The first kappa shape index (κ1) is 10.2. The van der Waals surface area contributed by atoms with Gasteiger partial charge in [0.05, 0.1) is 0 Å². The molecule has 0 nitrogen and oxygen atoms in total. The lowest BCUT2D eigenvalue weighted by Crippen LogP contribution is -1.70. The minimum Gasteiger partial charge on any atom is -0.0961 e. The number of hydrogen-bond acceptors (Lipinski definition) is 0. The van der Waals surface area contributed by atoms with Gasteiger partial charge in [-0.25, -0.2) is 0 Å². The Hall–Kier alpha value is -0.780. The molecule has 0 N–H and O–H groups in total. The van der Waals surface area contributed by atoms with Crippen LogP contribution in [-0.2, 0) is 0 Å². The van der Waals surface area contributed by atoms with E-state index in [1.54, 1.807) is 0 Å². The Bertz CT molecular complexity index is 170. The molecule has 0 aromatic carbocycles. The summed E-state index contributed by atoms with van der Waals surface area (Å²) in [6.07, 6.45) is 8.63. The third-order valence-corrected chi connectivity index (χ3v) is 1.56. The van der Waals surface area contributed by atoms with E-state index in [-0.39, 0.29) is 0 Å². The highest BCUT2D eigenvalue weighted by molar-refractivity contribution is 5.13. The number of allylic oxidation sites excluding steroid dienone is 5. The lowest BCUT2D eigenvalue weighted by molar-refractivity contribution is 1.08. The predicted octanol–water partition coefficient (Wildman–Crippen LogP) is 3.87.